The van der Waals surface area contributed by atoms with E-state index in [1.54, 1.807) is 11.3 Å². The molecule has 6 heteroatoms. The van der Waals surface area contributed by atoms with Gasteiger partial charge in [0.25, 0.3) is 0 Å². The van der Waals surface area contributed by atoms with Crippen LogP contribution in [0.2, 0.25) is 0 Å². The molecule has 1 aliphatic rings. The molecule has 0 amide bonds. The highest BCUT2D eigenvalue weighted by atomic mass is 32.1. The minimum Gasteiger partial charge on any atom is -0.315 e. The van der Waals surface area contributed by atoms with Gasteiger partial charge in [0.05, 0.1) is 22.6 Å². The Morgan fingerprint density at radius 1 is 1.44 bits per heavy atom. The highest BCUT2D eigenvalue weighted by Crippen LogP contribution is 2.26. The lowest BCUT2D eigenvalue weighted by molar-refractivity contribution is 0.344. The third-order valence-corrected chi connectivity index (χ3v) is 3.67. The van der Waals surface area contributed by atoms with Gasteiger partial charge in [-0.1, -0.05) is 5.21 Å². The summed E-state index contributed by atoms with van der Waals surface area (Å²) in [4.78, 5) is 5.23. The number of hydrogen-bond acceptors (Lipinski definition) is 5. The molecule has 0 aromatic carbocycles. The van der Waals surface area contributed by atoms with E-state index in [9.17, 15) is 0 Å². The monoisotopic (exact) mass is 235 g/mol. The number of nitrogens with one attached hydrogen (secondary N) is 1. The minimum absolute atomic E-state index is 0.424. The second-order valence-electron chi connectivity index (χ2n) is 3.93. The standard InChI is InChI=1S/C10H13N5S/c1-2-8(4-11-3-1)15-9(5-13-14-15)10-6-12-7-16-10/h5-8,11H,1-4H2. The van der Waals surface area contributed by atoms with Crippen molar-refractivity contribution in [1.82, 2.24) is 25.3 Å². The Morgan fingerprint density at radius 2 is 2.44 bits per heavy atom. The average Bonchev–Trinajstić information content (AvgIpc) is 3.01. The van der Waals surface area contributed by atoms with Crippen molar-refractivity contribution in [1.29, 1.82) is 0 Å². The van der Waals surface area contributed by atoms with E-state index >= 15 is 0 Å². The molecule has 1 aliphatic heterocycles. The normalized spacial score (nSPS) is 21.1. The van der Waals surface area contributed by atoms with Gasteiger partial charge in [0, 0.05) is 12.7 Å². The highest BCUT2D eigenvalue weighted by molar-refractivity contribution is 7.13. The molecule has 0 aliphatic carbocycles. The Morgan fingerprint density at radius 3 is 3.19 bits per heavy atom. The molecule has 1 saturated heterocycles. The molecule has 16 heavy (non-hydrogen) atoms. The Balaban J connectivity index is 1.92. The predicted octanol–water partition coefficient (Wildman–Crippen LogP) is 1.33. The van der Waals surface area contributed by atoms with E-state index in [0.717, 1.165) is 23.7 Å². The fourth-order valence-electron chi connectivity index (χ4n) is 2.07. The zero-order valence-electron chi connectivity index (χ0n) is 8.83. The van der Waals surface area contributed by atoms with E-state index in [-0.39, 0.29) is 0 Å². The van der Waals surface area contributed by atoms with Crippen LogP contribution in [0.15, 0.2) is 17.9 Å². The molecule has 3 rings (SSSR count). The van der Waals surface area contributed by atoms with Crippen molar-refractivity contribution in [2.24, 2.45) is 0 Å². The van der Waals surface area contributed by atoms with Crippen molar-refractivity contribution in [3.63, 3.8) is 0 Å². The van der Waals surface area contributed by atoms with Gasteiger partial charge in [0.2, 0.25) is 0 Å². The highest BCUT2D eigenvalue weighted by Gasteiger charge is 2.19. The van der Waals surface area contributed by atoms with Gasteiger partial charge in [0.1, 0.15) is 5.69 Å². The van der Waals surface area contributed by atoms with E-state index < -0.39 is 0 Å². The number of thiazole rings is 1. The average molecular weight is 235 g/mol. The van der Waals surface area contributed by atoms with Crippen LogP contribution in [0.5, 0.6) is 0 Å². The topological polar surface area (TPSA) is 55.6 Å². The van der Waals surface area contributed by atoms with Crippen LogP contribution in [-0.2, 0) is 0 Å². The molecular weight excluding hydrogens is 222 g/mol. The van der Waals surface area contributed by atoms with E-state index in [2.05, 4.69) is 20.6 Å². The Hall–Kier alpha value is -1.27. The first kappa shape index (κ1) is 9.92. The first-order valence-electron chi connectivity index (χ1n) is 5.45. The van der Waals surface area contributed by atoms with E-state index in [0.29, 0.717) is 6.04 Å². The van der Waals surface area contributed by atoms with Gasteiger partial charge in [-0.3, -0.25) is 4.98 Å². The molecule has 1 N–H and O–H groups in total. The maximum atomic E-state index is 4.20. The summed E-state index contributed by atoms with van der Waals surface area (Å²) in [6.07, 6.45) is 6.06. The molecule has 2 aromatic rings. The SMILES string of the molecule is c1ncc(-c2cnnn2C2CCCNC2)s1. The first-order chi connectivity index (χ1) is 7.95. The van der Waals surface area contributed by atoms with E-state index in [1.165, 1.54) is 12.8 Å². The summed E-state index contributed by atoms with van der Waals surface area (Å²) in [7, 11) is 0. The van der Waals surface area contributed by atoms with Crippen LogP contribution in [0.3, 0.4) is 0 Å². The van der Waals surface area contributed by atoms with Crippen LogP contribution in [0.25, 0.3) is 10.6 Å². The van der Waals surface area contributed by atoms with E-state index in [4.69, 9.17) is 0 Å². The molecule has 1 unspecified atom stereocenters. The lowest BCUT2D eigenvalue weighted by Crippen LogP contribution is -2.32. The van der Waals surface area contributed by atoms with Gasteiger partial charge >= 0.3 is 0 Å². The Bertz CT molecular complexity index is 443. The third-order valence-electron chi connectivity index (χ3n) is 2.88. The summed E-state index contributed by atoms with van der Waals surface area (Å²) < 4.78 is 2.03. The molecule has 2 aromatic heterocycles. The molecule has 1 atom stereocenters. The van der Waals surface area contributed by atoms with Crippen LogP contribution in [0, 0.1) is 0 Å². The number of aromatic nitrogens is 4. The van der Waals surface area contributed by atoms with Gasteiger partial charge in [-0.25, -0.2) is 4.68 Å². The molecule has 0 radical (unpaired) electrons. The minimum atomic E-state index is 0.424. The summed E-state index contributed by atoms with van der Waals surface area (Å²) >= 11 is 1.63. The van der Waals surface area contributed by atoms with Crippen molar-refractivity contribution >= 4 is 11.3 Å². The largest absolute Gasteiger partial charge is 0.315 e. The van der Waals surface area contributed by atoms with Crippen molar-refractivity contribution in [3.05, 3.63) is 17.9 Å². The number of piperidine rings is 1. The predicted molar refractivity (Wildman–Crippen MR) is 62.3 cm³/mol. The molecule has 0 spiro atoms. The van der Waals surface area contributed by atoms with Crippen molar-refractivity contribution in [2.75, 3.05) is 13.1 Å². The van der Waals surface area contributed by atoms with Gasteiger partial charge < -0.3 is 5.32 Å². The lowest BCUT2D eigenvalue weighted by Gasteiger charge is -2.23. The maximum Gasteiger partial charge on any atom is 0.100 e. The molecule has 5 nitrogen and oxygen atoms in total. The molecule has 1 fully saturated rings. The van der Waals surface area contributed by atoms with Crippen molar-refractivity contribution in [2.45, 2.75) is 18.9 Å². The first-order valence-corrected chi connectivity index (χ1v) is 6.33. The summed E-state index contributed by atoms with van der Waals surface area (Å²) in [6, 6.07) is 0.424. The number of rotatable bonds is 2. The quantitative estimate of drug-likeness (QED) is 0.853. The van der Waals surface area contributed by atoms with Crippen LogP contribution in [-0.4, -0.2) is 33.1 Å². The zero-order chi connectivity index (χ0) is 10.8. The van der Waals surface area contributed by atoms with Gasteiger partial charge in [-0.2, -0.15) is 0 Å². The fraction of sp³-hybridized carbons (Fsp3) is 0.500. The maximum absolute atomic E-state index is 4.20. The zero-order valence-corrected chi connectivity index (χ0v) is 9.65. The second-order valence-corrected chi connectivity index (χ2v) is 4.82. The van der Waals surface area contributed by atoms with Crippen LogP contribution in [0.4, 0.5) is 0 Å². The Labute approximate surface area is 97.5 Å². The third kappa shape index (κ3) is 1.74. The lowest BCUT2D eigenvalue weighted by atomic mass is 10.1. The molecule has 0 bridgehead atoms. The summed E-state index contributed by atoms with van der Waals surface area (Å²) in [5.74, 6) is 0. The summed E-state index contributed by atoms with van der Waals surface area (Å²) in [5, 5.41) is 11.6. The molecule has 84 valence electrons. The molecule has 0 saturated carbocycles. The molecule has 3 heterocycles. The van der Waals surface area contributed by atoms with Gasteiger partial charge in [-0.05, 0) is 19.4 Å². The Kier molecular flexibility index (Phi) is 2.67. The number of nitrogens with zero attached hydrogens (tertiary/aromatic N) is 4. The number of hydrogen-bond donors (Lipinski definition) is 1. The van der Waals surface area contributed by atoms with Crippen molar-refractivity contribution < 1.29 is 0 Å². The summed E-state index contributed by atoms with van der Waals surface area (Å²) in [5.41, 5.74) is 2.92. The van der Waals surface area contributed by atoms with E-state index in [1.807, 2.05) is 22.6 Å². The van der Waals surface area contributed by atoms with Crippen LogP contribution in [0.1, 0.15) is 18.9 Å². The van der Waals surface area contributed by atoms with Crippen molar-refractivity contribution in [3.8, 4) is 10.6 Å². The van der Waals surface area contributed by atoms with Gasteiger partial charge in [-0.15, -0.1) is 16.4 Å². The van der Waals surface area contributed by atoms with Gasteiger partial charge in [0.15, 0.2) is 0 Å². The van der Waals surface area contributed by atoms with Crippen LogP contribution < -0.4 is 5.32 Å². The summed E-state index contributed by atoms with van der Waals surface area (Å²) in [6.45, 7) is 2.09. The smallest absolute Gasteiger partial charge is 0.100 e. The molecular formula is C10H13N5S. The second kappa shape index (κ2) is 4.31. The fourth-order valence-corrected chi connectivity index (χ4v) is 2.70. The van der Waals surface area contributed by atoms with Crippen LogP contribution >= 0.6 is 11.3 Å².